The predicted molar refractivity (Wildman–Crippen MR) is 207 cm³/mol. The van der Waals surface area contributed by atoms with Crippen LogP contribution in [0.4, 0.5) is 4.79 Å². The lowest BCUT2D eigenvalue weighted by molar-refractivity contribution is 0.0212. The molecule has 0 bridgehead atoms. The summed E-state index contributed by atoms with van der Waals surface area (Å²) in [5.41, 5.74) is 9.20. The van der Waals surface area contributed by atoms with Crippen LogP contribution in [0.25, 0.3) is 39.2 Å². The van der Waals surface area contributed by atoms with E-state index in [2.05, 4.69) is 36.3 Å². The molecule has 2 heterocycles. The fourth-order valence-electron chi connectivity index (χ4n) is 8.14. The van der Waals surface area contributed by atoms with E-state index in [1.165, 1.54) is 22.3 Å². The van der Waals surface area contributed by atoms with Gasteiger partial charge in [0.2, 0.25) is 11.7 Å². The number of benzene rings is 4. The topological polar surface area (TPSA) is 115 Å². The van der Waals surface area contributed by atoms with Gasteiger partial charge in [-0.15, -0.1) is 0 Å². The van der Waals surface area contributed by atoms with Crippen LogP contribution in [0.2, 0.25) is 0 Å². The van der Waals surface area contributed by atoms with Crippen molar-refractivity contribution in [2.75, 3.05) is 26.3 Å². The highest BCUT2D eigenvalue weighted by Gasteiger charge is 2.31. The summed E-state index contributed by atoms with van der Waals surface area (Å²) >= 11 is 0. The van der Waals surface area contributed by atoms with Crippen molar-refractivity contribution >= 4 is 17.6 Å². The number of rotatable bonds is 11. The second-order valence-corrected chi connectivity index (χ2v) is 14.5. The molecule has 1 N–H and O–H groups in total. The molecule has 0 atom stereocenters. The van der Waals surface area contributed by atoms with E-state index < -0.39 is 5.97 Å². The molecule has 9 nitrogen and oxygen atoms in total. The highest BCUT2D eigenvalue weighted by atomic mass is 16.6. The van der Waals surface area contributed by atoms with Crippen LogP contribution in [-0.4, -0.2) is 64.6 Å². The lowest BCUT2D eigenvalue weighted by Gasteiger charge is -2.27. The van der Waals surface area contributed by atoms with Gasteiger partial charge in [0.15, 0.2) is 0 Å². The number of hydrogen-bond donors (Lipinski definition) is 1. The minimum atomic E-state index is -0.989. The van der Waals surface area contributed by atoms with Crippen molar-refractivity contribution in [3.8, 4) is 33.6 Å². The molecule has 8 rings (SSSR count). The van der Waals surface area contributed by atoms with Crippen molar-refractivity contribution in [3.05, 3.63) is 125 Å². The largest absolute Gasteiger partial charge is 0.478 e. The number of nitrogens with zero attached hydrogens (tertiary/aromatic N) is 3. The Morgan fingerprint density at radius 2 is 1.54 bits per heavy atom. The van der Waals surface area contributed by atoms with Gasteiger partial charge in [-0.05, 0) is 95.2 Å². The number of fused-ring (bicyclic) bond motifs is 3. The third-order valence-electron chi connectivity index (χ3n) is 11.2. The molecule has 54 heavy (non-hydrogen) atoms. The molecule has 1 fully saturated rings. The zero-order valence-corrected chi connectivity index (χ0v) is 30.6. The molecule has 276 valence electrons. The fraction of sp³-hybridized carbons (Fsp3) is 0.333. The number of aromatic nitrogens is 2. The van der Waals surface area contributed by atoms with Gasteiger partial charge < -0.3 is 24.0 Å². The normalized spacial score (nSPS) is 18.2. The van der Waals surface area contributed by atoms with E-state index in [1.54, 1.807) is 11.0 Å². The van der Waals surface area contributed by atoms with E-state index in [0.717, 1.165) is 67.4 Å². The Morgan fingerprint density at radius 1 is 0.852 bits per heavy atom. The molecule has 0 unspecified atom stereocenters. The van der Waals surface area contributed by atoms with Gasteiger partial charge in [0, 0.05) is 37.1 Å². The Kier molecular flexibility index (Phi) is 10.4. The fourth-order valence-corrected chi connectivity index (χ4v) is 8.14. The number of amides is 1. The minimum absolute atomic E-state index is 0.0116. The van der Waals surface area contributed by atoms with E-state index in [4.69, 9.17) is 19.0 Å². The Balaban J connectivity index is 0.913. The first-order valence-corrected chi connectivity index (χ1v) is 19.2. The quantitative estimate of drug-likeness (QED) is 0.134. The van der Waals surface area contributed by atoms with Crippen LogP contribution in [0.3, 0.4) is 0 Å². The van der Waals surface area contributed by atoms with Crippen LogP contribution in [0.5, 0.6) is 0 Å². The van der Waals surface area contributed by atoms with E-state index >= 15 is 0 Å². The average Bonchev–Trinajstić information content (AvgIpc) is 3.84. The smallest absolute Gasteiger partial charge is 0.410 e. The van der Waals surface area contributed by atoms with E-state index in [-0.39, 0.29) is 30.1 Å². The van der Waals surface area contributed by atoms with Crippen molar-refractivity contribution in [3.63, 3.8) is 0 Å². The Labute approximate surface area is 315 Å². The van der Waals surface area contributed by atoms with Crippen LogP contribution in [0, 0.1) is 0 Å². The van der Waals surface area contributed by atoms with Crippen molar-refractivity contribution in [2.45, 2.75) is 69.8 Å². The van der Waals surface area contributed by atoms with Crippen LogP contribution in [0.1, 0.15) is 96.6 Å². The van der Waals surface area contributed by atoms with Gasteiger partial charge in [-0.2, -0.15) is 4.98 Å². The highest BCUT2D eigenvalue weighted by Crippen LogP contribution is 2.44. The molecule has 0 spiro atoms. The molecular formula is C45H45N3O6. The molecule has 1 aromatic heterocycles. The number of carboxylic acids is 1. The van der Waals surface area contributed by atoms with Crippen molar-refractivity contribution < 1.29 is 28.7 Å². The first-order chi connectivity index (χ1) is 26.5. The molecule has 3 aliphatic rings. The number of hydrogen-bond acceptors (Lipinski definition) is 7. The SMILES string of the molecule is CCCCOC1CCC(c2nc(-c3ccc(-c4ccc(C(=O)O)c(C5=CCN(C(=O)OCC6c7ccccc7-c7ccccc76)CC5)c4)cc3)no2)CC1. The number of ether oxygens (including phenoxy) is 2. The van der Waals surface area contributed by atoms with Crippen LogP contribution in [-0.2, 0) is 9.47 Å². The average molecular weight is 724 g/mol. The van der Waals surface area contributed by atoms with Gasteiger partial charge in [0.1, 0.15) is 6.61 Å². The highest BCUT2D eigenvalue weighted by molar-refractivity contribution is 5.95. The number of unbranched alkanes of at least 4 members (excludes halogenated alkanes) is 1. The summed E-state index contributed by atoms with van der Waals surface area (Å²) in [4.78, 5) is 32.0. The molecule has 0 saturated heterocycles. The van der Waals surface area contributed by atoms with E-state index in [0.29, 0.717) is 42.9 Å². The summed E-state index contributed by atoms with van der Waals surface area (Å²) in [6, 6.07) is 29.9. The van der Waals surface area contributed by atoms with Crippen LogP contribution in [0.15, 0.2) is 102 Å². The molecule has 0 radical (unpaired) electrons. The maximum atomic E-state index is 13.3. The molecule has 1 aliphatic heterocycles. The van der Waals surface area contributed by atoms with Gasteiger partial charge >= 0.3 is 12.1 Å². The minimum Gasteiger partial charge on any atom is -0.478 e. The maximum absolute atomic E-state index is 13.3. The van der Waals surface area contributed by atoms with Gasteiger partial charge in [-0.3, -0.25) is 0 Å². The summed E-state index contributed by atoms with van der Waals surface area (Å²) in [6.07, 6.45) is 8.65. The third-order valence-corrected chi connectivity index (χ3v) is 11.2. The van der Waals surface area contributed by atoms with Crippen molar-refractivity contribution in [2.24, 2.45) is 0 Å². The van der Waals surface area contributed by atoms with Crippen molar-refractivity contribution in [1.82, 2.24) is 15.0 Å². The second-order valence-electron chi connectivity index (χ2n) is 14.5. The van der Waals surface area contributed by atoms with Gasteiger partial charge in [0.25, 0.3) is 0 Å². The second kappa shape index (κ2) is 15.8. The van der Waals surface area contributed by atoms with E-state index in [9.17, 15) is 14.7 Å². The summed E-state index contributed by atoms with van der Waals surface area (Å²) in [5, 5.41) is 14.4. The molecule has 9 heteroatoms. The number of carbonyl (C=O) groups is 2. The summed E-state index contributed by atoms with van der Waals surface area (Å²) in [7, 11) is 0. The first-order valence-electron chi connectivity index (χ1n) is 19.2. The van der Waals surface area contributed by atoms with Gasteiger partial charge in [0.05, 0.1) is 11.7 Å². The summed E-state index contributed by atoms with van der Waals surface area (Å²) in [6.45, 7) is 4.04. The monoisotopic (exact) mass is 723 g/mol. The molecule has 5 aromatic rings. The molecule has 1 saturated carbocycles. The summed E-state index contributed by atoms with van der Waals surface area (Å²) < 4.78 is 17.6. The number of aromatic carboxylic acids is 1. The molecule has 2 aliphatic carbocycles. The van der Waals surface area contributed by atoms with Gasteiger partial charge in [-0.25, -0.2) is 9.59 Å². The van der Waals surface area contributed by atoms with Crippen LogP contribution >= 0.6 is 0 Å². The lowest BCUT2D eigenvalue weighted by atomic mass is 9.87. The number of carbonyl (C=O) groups excluding carboxylic acids is 1. The van der Waals surface area contributed by atoms with Crippen molar-refractivity contribution in [1.29, 1.82) is 0 Å². The lowest BCUT2D eigenvalue weighted by Crippen LogP contribution is -2.36. The Bertz CT molecular complexity index is 2120. The Morgan fingerprint density at radius 3 is 2.20 bits per heavy atom. The first kappa shape index (κ1) is 35.5. The van der Waals surface area contributed by atoms with Gasteiger partial charge in [-0.1, -0.05) is 103 Å². The summed E-state index contributed by atoms with van der Waals surface area (Å²) in [5.74, 6) is 0.503. The Hall–Kier alpha value is -5.54. The molecule has 1 amide bonds. The van der Waals surface area contributed by atoms with E-state index in [1.807, 2.05) is 66.7 Å². The number of carboxylic acid groups (broad SMARTS) is 1. The standard InChI is InChI=1S/C45H45N3O6/c1-2-3-26-52-34-19-16-32(17-20-34)43-46-42(47-54-43)31-14-12-29(13-15-31)33-18-21-39(44(49)50)40(27-33)30-22-24-48(25-23-30)45(51)53-28-41-37-10-6-4-8-35(37)36-9-5-7-11-38(36)41/h4-15,18,21-22,27,32,34,41H,2-3,16-17,19-20,23-26,28H2,1H3,(H,49,50). The molecule has 4 aromatic carbocycles. The third kappa shape index (κ3) is 7.33. The molecular weight excluding hydrogens is 679 g/mol. The zero-order valence-electron chi connectivity index (χ0n) is 30.6. The van der Waals surface area contributed by atoms with Crippen LogP contribution < -0.4 is 0 Å². The zero-order chi connectivity index (χ0) is 37.0. The predicted octanol–water partition coefficient (Wildman–Crippen LogP) is 9.98. The maximum Gasteiger partial charge on any atom is 0.410 e.